The van der Waals surface area contributed by atoms with Crippen molar-refractivity contribution in [1.29, 1.82) is 0 Å². The third kappa shape index (κ3) is 4.63. The molecular weight excluding hydrogens is 366 g/mol. The van der Waals surface area contributed by atoms with Crippen LogP contribution in [0.15, 0.2) is 63.8 Å². The minimum Gasteiger partial charge on any atom is -0.438 e. The number of hydrogen-bond donors (Lipinski definition) is 2. The zero-order chi connectivity index (χ0) is 18.4. The Morgan fingerprint density at radius 3 is 2.69 bits per heavy atom. The minimum atomic E-state index is 0.321. The predicted octanol–water partition coefficient (Wildman–Crippen LogP) is 4.89. The van der Waals surface area contributed by atoms with Crippen LogP contribution in [0.5, 0.6) is 11.6 Å². The molecule has 2 heterocycles. The molecule has 5 nitrogen and oxygen atoms in total. The van der Waals surface area contributed by atoms with E-state index in [1.54, 1.807) is 23.1 Å². The number of thioether (sulfide) groups is 1. The van der Waals surface area contributed by atoms with E-state index in [2.05, 4.69) is 15.5 Å². The van der Waals surface area contributed by atoms with Gasteiger partial charge in [0.1, 0.15) is 5.75 Å². The molecule has 0 atom stereocenters. The second-order valence-electron chi connectivity index (χ2n) is 5.44. The van der Waals surface area contributed by atoms with Gasteiger partial charge in [0.2, 0.25) is 5.88 Å². The Labute approximate surface area is 160 Å². The van der Waals surface area contributed by atoms with Crippen LogP contribution in [-0.4, -0.2) is 22.3 Å². The summed E-state index contributed by atoms with van der Waals surface area (Å²) in [6, 6.07) is 15.4. The highest BCUT2D eigenvalue weighted by atomic mass is 32.2. The van der Waals surface area contributed by atoms with Crippen LogP contribution < -0.4 is 10.2 Å². The van der Waals surface area contributed by atoms with E-state index < -0.39 is 0 Å². The average Bonchev–Trinajstić information content (AvgIpc) is 3.18. The quantitative estimate of drug-likeness (QED) is 0.274. The van der Waals surface area contributed by atoms with E-state index in [1.807, 2.05) is 67.1 Å². The summed E-state index contributed by atoms with van der Waals surface area (Å²) in [6.45, 7) is 2.36. The number of pyridine rings is 1. The van der Waals surface area contributed by atoms with Crippen molar-refractivity contribution in [2.45, 2.75) is 18.4 Å². The standard InChI is InChI=1S/C19H19N3O2S2/c1-13-5-10-17(18(22-23)20-12-16-4-3-11-26-16)19(21-13)24-14-6-8-15(25-2)9-7-14/h3-11,23H,12H2,1-2H3,(H,20,22). The summed E-state index contributed by atoms with van der Waals surface area (Å²) in [4.78, 5) is 11.2. The molecule has 0 fully saturated rings. The smallest absolute Gasteiger partial charge is 0.230 e. The molecular formula is C19H19N3O2S2. The van der Waals surface area contributed by atoms with Gasteiger partial charge < -0.3 is 4.74 Å². The van der Waals surface area contributed by atoms with Crippen molar-refractivity contribution < 1.29 is 9.94 Å². The van der Waals surface area contributed by atoms with Gasteiger partial charge in [-0.2, -0.15) is 0 Å². The number of aromatic nitrogens is 1. The molecule has 26 heavy (non-hydrogen) atoms. The number of rotatable bonds is 6. The lowest BCUT2D eigenvalue weighted by Crippen LogP contribution is -2.21. The van der Waals surface area contributed by atoms with Crippen molar-refractivity contribution in [3.8, 4) is 11.6 Å². The van der Waals surface area contributed by atoms with E-state index in [0.717, 1.165) is 15.5 Å². The fourth-order valence-corrected chi connectivity index (χ4v) is 3.32. The first-order valence-electron chi connectivity index (χ1n) is 7.96. The van der Waals surface area contributed by atoms with Crippen LogP contribution >= 0.6 is 23.1 Å². The molecule has 1 aromatic carbocycles. The molecule has 0 saturated carbocycles. The number of aliphatic imine (C=N–C) groups is 1. The molecule has 3 aromatic rings. The Hall–Kier alpha value is -2.35. The van der Waals surface area contributed by atoms with Crippen molar-refractivity contribution in [2.24, 2.45) is 4.99 Å². The molecule has 7 heteroatoms. The first-order chi connectivity index (χ1) is 12.7. The lowest BCUT2D eigenvalue weighted by Gasteiger charge is -2.12. The highest BCUT2D eigenvalue weighted by Crippen LogP contribution is 2.26. The Morgan fingerprint density at radius 2 is 2.04 bits per heavy atom. The van der Waals surface area contributed by atoms with Gasteiger partial charge in [-0.3, -0.25) is 15.7 Å². The van der Waals surface area contributed by atoms with Crippen molar-refractivity contribution in [3.05, 3.63) is 70.0 Å². The minimum absolute atomic E-state index is 0.321. The van der Waals surface area contributed by atoms with Crippen molar-refractivity contribution >= 4 is 28.9 Å². The molecule has 3 rings (SSSR count). The fourth-order valence-electron chi connectivity index (χ4n) is 2.29. The van der Waals surface area contributed by atoms with Crippen LogP contribution in [0, 0.1) is 6.92 Å². The maximum Gasteiger partial charge on any atom is 0.230 e. The number of nitrogens with one attached hydrogen (secondary N) is 1. The van der Waals surface area contributed by atoms with Gasteiger partial charge in [-0.15, -0.1) is 23.1 Å². The first kappa shape index (κ1) is 18.4. The Kier molecular flexibility index (Phi) is 6.27. The molecule has 0 unspecified atom stereocenters. The van der Waals surface area contributed by atoms with Gasteiger partial charge in [0.15, 0.2) is 5.84 Å². The second kappa shape index (κ2) is 8.84. The van der Waals surface area contributed by atoms with Gasteiger partial charge in [-0.25, -0.2) is 4.98 Å². The molecule has 0 bridgehead atoms. The molecule has 134 valence electrons. The van der Waals surface area contributed by atoms with Gasteiger partial charge in [-0.1, -0.05) is 6.07 Å². The topological polar surface area (TPSA) is 66.7 Å². The molecule has 2 aromatic heterocycles. The molecule has 0 aliphatic rings. The van der Waals surface area contributed by atoms with Gasteiger partial charge in [0.05, 0.1) is 12.1 Å². The van der Waals surface area contributed by atoms with Crippen molar-refractivity contribution in [3.63, 3.8) is 0 Å². The van der Waals surface area contributed by atoms with Crippen LogP contribution in [0.1, 0.15) is 16.1 Å². The van der Waals surface area contributed by atoms with E-state index in [1.165, 1.54) is 0 Å². The third-order valence-corrected chi connectivity index (χ3v) is 5.21. The molecule has 2 N–H and O–H groups in total. The number of aryl methyl sites for hydroxylation is 1. The number of ether oxygens (including phenoxy) is 1. The summed E-state index contributed by atoms with van der Waals surface area (Å²) in [6.07, 6.45) is 2.03. The third-order valence-electron chi connectivity index (χ3n) is 3.61. The number of hydroxylamine groups is 1. The maximum atomic E-state index is 9.57. The summed E-state index contributed by atoms with van der Waals surface area (Å²) >= 11 is 3.29. The normalized spacial score (nSPS) is 11.4. The summed E-state index contributed by atoms with van der Waals surface area (Å²) in [5.74, 6) is 1.40. The molecule has 0 amide bonds. The van der Waals surface area contributed by atoms with E-state index in [-0.39, 0.29) is 0 Å². The summed E-state index contributed by atoms with van der Waals surface area (Å²) in [5, 5.41) is 11.6. The molecule has 0 radical (unpaired) electrons. The Balaban J connectivity index is 1.89. The number of amidine groups is 1. The van der Waals surface area contributed by atoms with E-state index in [4.69, 9.17) is 4.74 Å². The van der Waals surface area contributed by atoms with Gasteiger partial charge >= 0.3 is 0 Å². The van der Waals surface area contributed by atoms with E-state index in [0.29, 0.717) is 29.6 Å². The average molecular weight is 386 g/mol. The van der Waals surface area contributed by atoms with Gasteiger partial charge in [0.25, 0.3) is 0 Å². The summed E-state index contributed by atoms with van der Waals surface area (Å²) in [7, 11) is 0. The zero-order valence-corrected chi connectivity index (χ0v) is 16.1. The Morgan fingerprint density at radius 1 is 1.23 bits per heavy atom. The van der Waals surface area contributed by atoms with Gasteiger partial charge in [0, 0.05) is 15.5 Å². The largest absolute Gasteiger partial charge is 0.438 e. The summed E-state index contributed by atoms with van der Waals surface area (Å²) < 4.78 is 5.96. The number of hydrogen-bond acceptors (Lipinski definition) is 6. The summed E-state index contributed by atoms with van der Waals surface area (Å²) in [5.41, 5.74) is 3.60. The van der Waals surface area contributed by atoms with E-state index in [9.17, 15) is 5.21 Å². The highest BCUT2D eigenvalue weighted by molar-refractivity contribution is 7.98. The SMILES string of the molecule is CSc1ccc(Oc2nc(C)ccc2C(=NCc2cccs2)NO)cc1. The zero-order valence-electron chi connectivity index (χ0n) is 14.5. The van der Waals surface area contributed by atoms with Crippen LogP contribution in [0.25, 0.3) is 0 Å². The first-order valence-corrected chi connectivity index (χ1v) is 10.1. The number of nitrogens with zero attached hydrogens (tertiary/aromatic N) is 2. The second-order valence-corrected chi connectivity index (χ2v) is 7.35. The predicted molar refractivity (Wildman–Crippen MR) is 107 cm³/mol. The van der Waals surface area contributed by atoms with Crippen molar-refractivity contribution in [1.82, 2.24) is 10.5 Å². The maximum absolute atomic E-state index is 9.57. The van der Waals surface area contributed by atoms with Crippen LogP contribution in [0.3, 0.4) is 0 Å². The molecule has 0 saturated heterocycles. The number of benzene rings is 1. The van der Waals surface area contributed by atoms with Crippen LogP contribution in [0.2, 0.25) is 0 Å². The highest BCUT2D eigenvalue weighted by Gasteiger charge is 2.13. The molecule has 0 aliphatic carbocycles. The van der Waals surface area contributed by atoms with Crippen molar-refractivity contribution in [2.75, 3.05) is 6.26 Å². The number of thiophene rings is 1. The lowest BCUT2D eigenvalue weighted by molar-refractivity contribution is 0.234. The van der Waals surface area contributed by atoms with E-state index >= 15 is 0 Å². The lowest BCUT2D eigenvalue weighted by atomic mass is 10.2. The van der Waals surface area contributed by atoms with Crippen LogP contribution in [0.4, 0.5) is 0 Å². The Bertz CT molecular complexity index is 878. The monoisotopic (exact) mass is 385 g/mol. The molecule has 0 spiro atoms. The van der Waals surface area contributed by atoms with Gasteiger partial charge in [-0.05, 0) is 61.0 Å². The van der Waals surface area contributed by atoms with Crippen LogP contribution in [-0.2, 0) is 6.54 Å². The molecule has 0 aliphatic heterocycles. The fraction of sp³-hybridized carbons (Fsp3) is 0.158.